The normalized spacial score (nSPS) is 11.3. The minimum atomic E-state index is -0.229. The van der Waals surface area contributed by atoms with Crippen LogP contribution in [0.4, 0.5) is 5.69 Å². The Morgan fingerprint density at radius 2 is 1.97 bits per heavy atom. The lowest BCUT2D eigenvalue weighted by atomic mass is 10.2. The summed E-state index contributed by atoms with van der Waals surface area (Å²) in [7, 11) is 0. The predicted molar refractivity (Wildman–Crippen MR) is 121 cm³/mol. The zero-order chi connectivity index (χ0) is 21.6. The lowest BCUT2D eigenvalue weighted by Crippen LogP contribution is -2.08. The maximum atomic E-state index is 12.3. The van der Waals surface area contributed by atoms with Gasteiger partial charge in [-0.25, -0.2) is 9.67 Å². The van der Waals surface area contributed by atoms with E-state index < -0.39 is 0 Å². The highest BCUT2D eigenvalue weighted by Gasteiger charge is 2.08. The number of pyridine rings is 2. The van der Waals surface area contributed by atoms with Crippen molar-refractivity contribution in [2.24, 2.45) is 0 Å². The minimum absolute atomic E-state index is 0.222. The molecule has 4 aromatic rings. The van der Waals surface area contributed by atoms with Crippen molar-refractivity contribution in [1.29, 1.82) is 0 Å². The van der Waals surface area contributed by atoms with E-state index in [9.17, 15) is 4.79 Å². The number of anilines is 1. The number of hydrogen-bond donors (Lipinski definition) is 1. The molecule has 0 spiro atoms. The third kappa shape index (κ3) is 5.14. The van der Waals surface area contributed by atoms with Gasteiger partial charge in [-0.3, -0.25) is 9.78 Å². The molecule has 1 N–H and O–H groups in total. The SMILES string of the molecule is CC(C)n1ncc2cc(NC(=O)/C=C/c3ccc(OCc4ccccn4)cc3)cnc21. The molecular formula is C24H23N5O2. The van der Waals surface area contributed by atoms with Gasteiger partial charge >= 0.3 is 0 Å². The van der Waals surface area contributed by atoms with Gasteiger partial charge in [0.25, 0.3) is 0 Å². The Bertz CT molecular complexity index is 1200. The molecule has 1 aromatic carbocycles. The standard InChI is InChI=1S/C24H23N5O2/c1-17(2)29-24-19(14-27-29)13-21(15-26-24)28-23(30)11-8-18-6-9-22(10-7-18)31-16-20-5-3-4-12-25-20/h3-15,17H,16H2,1-2H3,(H,28,30)/b11-8+. The number of nitrogens with one attached hydrogen (secondary N) is 1. The van der Waals surface area contributed by atoms with Crippen molar-refractivity contribution in [1.82, 2.24) is 19.7 Å². The summed E-state index contributed by atoms with van der Waals surface area (Å²) in [5.74, 6) is 0.515. The van der Waals surface area contributed by atoms with Crippen LogP contribution in [-0.2, 0) is 11.4 Å². The van der Waals surface area contributed by atoms with Crippen LogP contribution in [0.2, 0.25) is 0 Å². The number of nitrogens with zero attached hydrogens (tertiary/aromatic N) is 4. The summed E-state index contributed by atoms with van der Waals surface area (Å²) in [4.78, 5) is 20.9. The number of rotatable bonds is 7. The number of carbonyl (C=O) groups excluding carboxylic acids is 1. The Morgan fingerprint density at radius 3 is 2.71 bits per heavy atom. The second kappa shape index (κ2) is 9.21. The molecular weight excluding hydrogens is 390 g/mol. The van der Waals surface area contributed by atoms with Crippen molar-refractivity contribution >= 4 is 28.7 Å². The zero-order valence-electron chi connectivity index (χ0n) is 17.4. The third-order valence-electron chi connectivity index (χ3n) is 4.61. The summed E-state index contributed by atoms with van der Waals surface area (Å²) in [5, 5.41) is 8.06. The van der Waals surface area contributed by atoms with Gasteiger partial charge in [-0.15, -0.1) is 0 Å². The Kier molecular flexibility index (Phi) is 6.03. The van der Waals surface area contributed by atoms with Gasteiger partial charge in [-0.1, -0.05) is 18.2 Å². The van der Waals surface area contributed by atoms with Crippen LogP contribution < -0.4 is 10.1 Å². The molecule has 156 valence electrons. The Balaban J connectivity index is 1.34. The summed E-state index contributed by atoms with van der Waals surface area (Å²) in [6, 6.07) is 15.3. The predicted octanol–water partition coefficient (Wildman–Crippen LogP) is 4.64. The van der Waals surface area contributed by atoms with Crippen LogP contribution in [0.5, 0.6) is 5.75 Å². The van der Waals surface area contributed by atoms with Gasteiger partial charge in [-0.05, 0) is 55.8 Å². The van der Waals surface area contributed by atoms with Gasteiger partial charge in [-0.2, -0.15) is 5.10 Å². The summed E-state index contributed by atoms with van der Waals surface area (Å²) in [6.45, 7) is 4.51. The highest BCUT2D eigenvalue weighted by atomic mass is 16.5. The molecule has 0 saturated carbocycles. The molecule has 0 saturated heterocycles. The Labute approximate surface area is 180 Å². The summed E-state index contributed by atoms with van der Waals surface area (Å²) < 4.78 is 7.58. The number of carbonyl (C=O) groups is 1. The van der Waals surface area contributed by atoms with Crippen LogP contribution in [0, 0.1) is 0 Å². The second-order valence-electron chi connectivity index (χ2n) is 7.32. The molecule has 3 aromatic heterocycles. The van der Waals surface area contributed by atoms with Gasteiger partial charge in [0.15, 0.2) is 5.65 Å². The summed E-state index contributed by atoms with van der Waals surface area (Å²) in [6.07, 6.45) is 8.38. The molecule has 0 fully saturated rings. The topological polar surface area (TPSA) is 81.9 Å². The van der Waals surface area contributed by atoms with E-state index in [2.05, 4.69) is 20.4 Å². The number of benzene rings is 1. The molecule has 7 nitrogen and oxygen atoms in total. The van der Waals surface area contributed by atoms with Crippen molar-refractivity contribution in [3.8, 4) is 5.75 Å². The lowest BCUT2D eigenvalue weighted by Gasteiger charge is -2.07. The zero-order valence-corrected chi connectivity index (χ0v) is 17.4. The quantitative estimate of drug-likeness (QED) is 0.447. The fourth-order valence-electron chi connectivity index (χ4n) is 3.06. The molecule has 0 bridgehead atoms. The number of aromatic nitrogens is 4. The summed E-state index contributed by atoms with van der Waals surface area (Å²) in [5.41, 5.74) is 3.19. The average molecular weight is 413 g/mol. The van der Waals surface area contributed by atoms with E-state index in [0.29, 0.717) is 12.3 Å². The number of hydrogen-bond acceptors (Lipinski definition) is 5. The molecule has 4 rings (SSSR count). The first-order valence-corrected chi connectivity index (χ1v) is 10.0. The smallest absolute Gasteiger partial charge is 0.248 e. The van der Waals surface area contributed by atoms with Gasteiger partial charge in [0.05, 0.1) is 23.8 Å². The van der Waals surface area contributed by atoms with E-state index in [1.54, 1.807) is 24.7 Å². The molecule has 0 aliphatic rings. The van der Waals surface area contributed by atoms with Crippen molar-refractivity contribution < 1.29 is 9.53 Å². The van der Waals surface area contributed by atoms with E-state index in [-0.39, 0.29) is 11.9 Å². The maximum Gasteiger partial charge on any atom is 0.248 e. The fraction of sp³-hybridized carbons (Fsp3) is 0.167. The third-order valence-corrected chi connectivity index (χ3v) is 4.61. The molecule has 0 radical (unpaired) electrons. The van der Waals surface area contributed by atoms with Crippen molar-refractivity contribution in [3.05, 3.63) is 84.5 Å². The van der Waals surface area contributed by atoms with Crippen LogP contribution in [-0.4, -0.2) is 25.7 Å². The molecule has 0 aliphatic heterocycles. The first-order chi connectivity index (χ1) is 15.1. The minimum Gasteiger partial charge on any atom is -0.487 e. The highest BCUT2D eigenvalue weighted by molar-refractivity contribution is 6.02. The van der Waals surface area contributed by atoms with Crippen molar-refractivity contribution in [2.75, 3.05) is 5.32 Å². The van der Waals surface area contributed by atoms with Crippen LogP contribution >= 0.6 is 0 Å². The van der Waals surface area contributed by atoms with Gasteiger partial charge in [0.1, 0.15) is 12.4 Å². The van der Waals surface area contributed by atoms with Crippen LogP contribution in [0.15, 0.2) is 73.2 Å². The molecule has 31 heavy (non-hydrogen) atoms. The molecule has 7 heteroatoms. The molecule has 3 heterocycles. The molecule has 0 unspecified atom stereocenters. The largest absolute Gasteiger partial charge is 0.487 e. The van der Waals surface area contributed by atoms with E-state index in [4.69, 9.17) is 4.74 Å². The van der Waals surface area contributed by atoms with Gasteiger partial charge in [0, 0.05) is 23.7 Å². The second-order valence-corrected chi connectivity index (χ2v) is 7.32. The Morgan fingerprint density at radius 1 is 1.13 bits per heavy atom. The van der Waals surface area contributed by atoms with E-state index in [1.165, 1.54) is 6.08 Å². The lowest BCUT2D eigenvalue weighted by molar-refractivity contribution is -0.111. The molecule has 0 atom stereocenters. The first-order valence-electron chi connectivity index (χ1n) is 10.0. The fourth-order valence-corrected chi connectivity index (χ4v) is 3.06. The van der Waals surface area contributed by atoms with E-state index in [1.807, 2.05) is 67.1 Å². The van der Waals surface area contributed by atoms with Gasteiger partial charge in [0.2, 0.25) is 5.91 Å². The Hall–Kier alpha value is -4.00. The van der Waals surface area contributed by atoms with Crippen LogP contribution in [0.3, 0.4) is 0 Å². The summed E-state index contributed by atoms with van der Waals surface area (Å²) >= 11 is 0. The van der Waals surface area contributed by atoms with Crippen molar-refractivity contribution in [2.45, 2.75) is 26.5 Å². The van der Waals surface area contributed by atoms with E-state index in [0.717, 1.165) is 28.0 Å². The molecule has 0 aliphatic carbocycles. The maximum absolute atomic E-state index is 12.3. The highest BCUT2D eigenvalue weighted by Crippen LogP contribution is 2.19. The average Bonchev–Trinajstić information content (AvgIpc) is 3.21. The van der Waals surface area contributed by atoms with Gasteiger partial charge < -0.3 is 10.1 Å². The molecule has 1 amide bonds. The van der Waals surface area contributed by atoms with E-state index >= 15 is 0 Å². The van der Waals surface area contributed by atoms with Crippen LogP contribution in [0.25, 0.3) is 17.1 Å². The number of ether oxygens (including phenoxy) is 1. The first kappa shape index (κ1) is 20.3. The number of fused-ring (bicyclic) bond motifs is 1. The number of amides is 1. The van der Waals surface area contributed by atoms with Crippen molar-refractivity contribution in [3.63, 3.8) is 0 Å². The van der Waals surface area contributed by atoms with Crippen LogP contribution in [0.1, 0.15) is 31.1 Å². The monoisotopic (exact) mass is 413 g/mol.